The molecule has 0 radical (unpaired) electrons. The summed E-state index contributed by atoms with van der Waals surface area (Å²) in [5.74, 6) is 0.526. The molecule has 0 spiro atoms. The number of hydrogen-bond donors (Lipinski definition) is 2. The van der Waals surface area contributed by atoms with E-state index in [0.717, 1.165) is 30.1 Å². The van der Waals surface area contributed by atoms with Crippen molar-refractivity contribution in [1.82, 2.24) is 15.6 Å². The SMILES string of the molecule is Cl.Cl.O=C(NCCC1CCNC1)c1csc(-c2ccc(Cl)cc2Cl)n1. The molecule has 138 valence electrons. The second kappa shape index (κ2) is 10.6. The summed E-state index contributed by atoms with van der Waals surface area (Å²) in [6, 6.07) is 5.26. The van der Waals surface area contributed by atoms with Gasteiger partial charge in [0, 0.05) is 22.5 Å². The van der Waals surface area contributed by atoms with Crippen molar-refractivity contribution in [2.24, 2.45) is 5.92 Å². The zero-order valence-electron chi connectivity index (χ0n) is 13.3. The van der Waals surface area contributed by atoms with Gasteiger partial charge in [-0.15, -0.1) is 36.2 Å². The number of nitrogens with zero attached hydrogens (tertiary/aromatic N) is 1. The Balaban J connectivity index is 0.00000156. The van der Waals surface area contributed by atoms with E-state index in [-0.39, 0.29) is 30.7 Å². The van der Waals surface area contributed by atoms with Crippen molar-refractivity contribution in [3.63, 3.8) is 0 Å². The molecule has 1 saturated heterocycles. The number of rotatable bonds is 5. The van der Waals surface area contributed by atoms with Gasteiger partial charge in [-0.3, -0.25) is 4.79 Å². The minimum atomic E-state index is -0.136. The summed E-state index contributed by atoms with van der Waals surface area (Å²) in [5, 5.41) is 9.85. The van der Waals surface area contributed by atoms with Gasteiger partial charge >= 0.3 is 0 Å². The summed E-state index contributed by atoms with van der Waals surface area (Å²) in [6.07, 6.45) is 2.19. The molecule has 1 unspecified atom stereocenters. The maximum atomic E-state index is 12.2. The van der Waals surface area contributed by atoms with Gasteiger partial charge in [-0.05, 0) is 50.0 Å². The summed E-state index contributed by atoms with van der Waals surface area (Å²) in [5.41, 5.74) is 1.22. The van der Waals surface area contributed by atoms with E-state index in [1.54, 1.807) is 17.5 Å². The summed E-state index contributed by atoms with van der Waals surface area (Å²) in [6.45, 7) is 2.81. The zero-order chi connectivity index (χ0) is 16.2. The fourth-order valence-corrected chi connectivity index (χ4v) is 4.00. The topological polar surface area (TPSA) is 54.0 Å². The Morgan fingerprint density at radius 2 is 2.16 bits per heavy atom. The van der Waals surface area contributed by atoms with Crippen molar-refractivity contribution < 1.29 is 4.79 Å². The molecule has 2 aromatic rings. The normalized spacial score (nSPS) is 16.0. The number of nitrogens with one attached hydrogen (secondary N) is 2. The van der Waals surface area contributed by atoms with E-state index in [1.165, 1.54) is 17.8 Å². The van der Waals surface area contributed by atoms with Crippen molar-refractivity contribution in [1.29, 1.82) is 0 Å². The van der Waals surface area contributed by atoms with Gasteiger partial charge in [-0.2, -0.15) is 0 Å². The number of hydrogen-bond acceptors (Lipinski definition) is 4. The zero-order valence-corrected chi connectivity index (χ0v) is 17.2. The number of carbonyl (C=O) groups is 1. The van der Waals surface area contributed by atoms with Crippen molar-refractivity contribution in [3.05, 3.63) is 39.3 Å². The van der Waals surface area contributed by atoms with Crippen LogP contribution in [-0.2, 0) is 0 Å². The van der Waals surface area contributed by atoms with Crippen LogP contribution in [0.1, 0.15) is 23.3 Å². The fraction of sp³-hybridized carbons (Fsp3) is 0.375. The van der Waals surface area contributed by atoms with Gasteiger partial charge in [0.05, 0.1) is 5.02 Å². The third kappa shape index (κ3) is 5.98. The molecule has 1 aliphatic heterocycles. The fourth-order valence-electron chi connectivity index (χ4n) is 2.61. The van der Waals surface area contributed by atoms with E-state index in [0.29, 0.717) is 28.2 Å². The monoisotopic (exact) mass is 441 g/mol. The average molecular weight is 443 g/mol. The van der Waals surface area contributed by atoms with Crippen LogP contribution in [0.4, 0.5) is 0 Å². The molecule has 1 aromatic carbocycles. The van der Waals surface area contributed by atoms with E-state index < -0.39 is 0 Å². The van der Waals surface area contributed by atoms with Crippen LogP contribution >= 0.6 is 59.4 Å². The van der Waals surface area contributed by atoms with Crippen LogP contribution in [0.3, 0.4) is 0 Å². The highest BCUT2D eigenvalue weighted by molar-refractivity contribution is 7.13. The van der Waals surface area contributed by atoms with E-state index in [1.807, 2.05) is 6.07 Å². The van der Waals surface area contributed by atoms with Gasteiger partial charge in [-0.1, -0.05) is 23.2 Å². The van der Waals surface area contributed by atoms with Crippen LogP contribution in [-0.4, -0.2) is 30.5 Å². The van der Waals surface area contributed by atoms with Crippen molar-refractivity contribution in [2.75, 3.05) is 19.6 Å². The first-order valence-electron chi connectivity index (χ1n) is 7.53. The molecule has 0 saturated carbocycles. The van der Waals surface area contributed by atoms with Gasteiger partial charge in [0.15, 0.2) is 0 Å². The molecule has 1 atom stereocenters. The molecule has 9 heteroatoms. The highest BCUT2D eigenvalue weighted by Crippen LogP contribution is 2.32. The Morgan fingerprint density at radius 3 is 2.84 bits per heavy atom. The third-order valence-electron chi connectivity index (χ3n) is 3.90. The first-order valence-corrected chi connectivity index (χ1v) is 9.17. The number of carbonyl (C=O) groups excluding carboxylic acids is 1. The number of halogens is 4. The number of amides is 1. The summed E-state index contributed by atoms with van der Waals surface area (Å²) >= 11 is 13.5. The Hall–Kier alpha value is -0.560. The third-order valence-corrected chi connectivity index (χ3v) is 5.32. The summed E-state index contributed by atoms with van der Waals surface area (Å²) < 4.78 is 0. The van der Waals surface area contributed by atoms with Crippen molar-refractivity contribution >= 4 is 65.3 Å². The molecule has 1 aromatic heterocycles. The van der Waals surface area contributed by atoms with Crippen LogP contribution < -0.4 is 10.6 Å². The Kier molecular flexibility index (Phi) is 9.49. The van der Waals surface area contributed by atoms with Crippen molar-refractivity contribution in [3.8, 4) is 10.6 Å². The van der Waals surface area contributed by atoms with Gasteiger partial charge in [-0.25, -0.2) is 4.98 Å². The molecule has 1 aliphatic rings. The molecule has 3 rings (SSSR count). The van der Waals surface area contributed by atoms with Crippen LogP contribution in [0.2, 0.25) is 10.0 Å². The number of thiazole rings is 1. The first kappa shape index (κ1) is 22.5. The smallest absolute Gasteiger partial charge is 0.270 e. The maximum Gasteiger partial charge on any atom is 0.270 e. The lowest BCUT2D eigenvalue weighted by molar-refractivity contribution is 0.0947. The van der Waals surface area contributed by atoms with Gasteiger partial charge in [0.2, 0.25) is 0 Å². The molecular weight excluding hydrogens is 424 g/mol. The molecule has 4 nitrogen and oxygen atoms in total. The highest BCUT2D eigenvalue weighted by atomic mass is 35.5. The molecule has 1 fully saturated rings. The average Bonchev–Trinajstić information content (AvgIpc) is 3.18. The van der Waals surface area contributed by atoms with Crippen LogP contribution in [0, 0.1) is 5.92 Å². The molecule has 2 N–H and O–H groups in total. The lowest BCUT2D eigenvalue weighted by atomic mass is 10.1. The van der Waals surface area contributed by atoms with Gasteiger partial charge in [0.25, 0.3) is 5.91 Å². The molecule has 1 amide bonds. The summed E-state index contributed by atoms with van der Waals surface area (Å²) in [7, 11) is 0. The number of benzene rings is 1. The Bertz CT molecular complexity index is 704. The van der Waals surface area contributed by atoms with E-state index in [4.69, 9.17) is 23.2 Å². The van der Waals surface area contributed by atoms with Gasteiger partial charge < -0.3 is 10.6 Å². The lowest BCUT2D eigenvalue weighted by Gasteiger charge is -2.08. The minimum Gasteiger partial charge on any atom is -0.351 e. The van der Waals surface area contributed by atoms with E-state index in [9.17, 15) is 4.79 Å². The first-order chi connectivity index (χ1) is 11.1. The lowest BCUT2D eigenvalue weighted by Crippen LogP contribution is -2.26. The van der Waals surface area contributed by atoms with Gasteiger partial charge in [0.1, 0.15) is 10.7 Å². The van der Waals surface area contributed by atoms with E-state index in [2.05, 4.69) is 15.6 Å². The second-order valence-corrected chi connectivity index (χ2v) is 7.27. The molecule has 0 bridgehead atoms. The molecule has 2 heterocycles. The van der Waals surface area contributed by atoms with Crippen LogP contribution in [0.5, 0.6) is 0 Å². The highest BCUT2D eigenvalue weighted by Gasteiger charge is 2.16. The molecular formula is C16H19Cl4N3OS. The summed E-state index contributed by atoms with van der Waals surface area (Å²) in [4.78, 5) is 16.6. The Labute approximate surface area is 173 Å². The standard InChI is InChI=1S/C16H17Cl2N3OS.2ClH/c17-11-1-2-12(13(18)7-11)16-21-14(9-23-16)15(22)20-6-4-10-3-5-19-8-10;;/h1-2,7,9-10,19H,3-6,8H2,(H,20,22);2*1H. The predicted octanol–water partition coefficient (Wildman–Crippen LogP) is 4.69. The maximum absolute atomic E-state index is 12.2. The van der Waals surface area contributed by atoms with Crippen LogP contribution in [0.25, 0.3) is 10.6 Å². The predicted molar refractivity (Wildman–Crippen MR) is 110 cm³/mol. The molecule has 0 aliphatic carbocycles. The quantitative estimate of drug-likeness (QED) is 0.705. The van der Waals surface area contributed by atoms with Crippen LogP contribution in [0.15, 0.2) is 23.6 Å². The molecule has 25 heavy (non-hydrogen) atoms. The van der Waals surface area contributed by atoms with E-state index >= 15 is 0 Å². The number of aromatic nitrogens is 1. The van der Waals surface area contributed by atoms with Crippen molar-refractivity contribution in [2.45, 2.75) is 12.8 Å². The largest absolute Gasteiger partial charge is 0.351 e. The second-order valence-electron chi connectivity index (χ2n) is 5.57. The minimum absolute atomic E-state index is 0. The Morgan fingerprint density at radius 1 is 1.36 bits per heavy atom.